The molecule has 0 aliphatic heterocycles. The highest BCUT2D eigenvalue weighted by molar-refractivity contribution is 7.32. The number of benzene rings is 1. The largest absolute Gasteiger partial charge is 0.747 e. The molecule has 0 spiro atoms. The molecule has 0 heterocycles. The van der Waals surface area contributed by atoms with Crippen molar-refractivity contribution in [2.45, 2.75) is 6.54 Å². The molecule has 1 unspecified atom stereocenters. The van der Waals surface area contributed by atoms with E-state index in [0.29, 0.717) is 12.3 Å². The Labute approximate surface area is 70.9 Å². The van der Waals surface area contributed by atoms with Crippen LogP contribution in [0.2, 0.25) is 0 Å². The Hall–Kier alpha value is -0.960. The summed E-state index contributed by atoms with van der Waals surface area (Å²) in [4.78, 5) is 8.43. The molecular weight excluding hydrogens is 177 g/mol. The predicted octanol–water partition coefficient (Wildman–Crippen LogP) is 1.17. The van der Waals surface area contributed by atoms with Gasteiger partial charge in [-0.2, -0.15) is 0 Å². The van der Waals surface area contributed by atoms with Crippen molar-refractivity contribution >= 4 is 8.25 Å². The summed E-state index contributed by atoms with van der Waals surface area (Å²) in [6.45, 7) is 0.388. The number of nitrogens with two attached hydrogens (primary N) is 1. The molecule has 1 rings (SSSR count). The molecule has 0 fully saturated rings. The number of hydrogen-bond donors (Lipinski definition) is 2. The van der Waals surface area contributed by atoms with Gasteiger partial charge in [-0.1, -0.05) is 12.1 Å². The lowest BCUT2D eigenvalue weighted by Crippen LogP contribution is -1.95. The summed E-state index contributed by atoms with van der Waals surface area (Å²) in [5, 5.41) is 0. The Balaban J connectivity index is 2.79. The van der Waals surface area contributed by atoms with Gasteiger partial charge in [0.05, 0.1) is 0 Å². The van der Waals surface area contributed by atoms with Crippen LogP contribution in [0.4, 0.5) is 0 Å². The smallest absolute Gasteiger partial charge is 0.326 e. The summed E-state index contributed by atoms with van der Waals surface area (Å²) in [5.74, 6) is 0.363. The molecule has 0 aliphatic rings. The van der Waals surface area contributed by atoms with Gasteiger partial charge < -0.3 is 5.73 Å². The molecule has 64 valence electrons. The maximum absolute atomic E-state index is 10.3. The molecule has 0 saturated carbocycles. The average molecular weight is 186 g/mol. The van der Waals surface area contributed by atoms with Crippen LogP contribution in [0.1, 0.15) is 5.56 Å². The normalized spacial score (nSPS) is 11.0. The lowest BCUT2D eigenvalue weighted by atomic mass is 10.2. The highest BCUT2D eigenvalue weighted by atomic mass is 31.1. The minimum absolute atomic E-state index is 0.363. The lowest BCUT2D eigenvalue weighted by molar-refractivity contribution is 0.410. The molecule has 1 aromatic carbocycles. The van der Waals surface area contributed by atoms with Crippen molar-refractivity contribution in [3.05, 3.63) is 29.8 Å². The van der Waals surface area contributed by atoms with E-state index in [1.54, 1.807) is 18.2 Å². The maximum atomic E-state index is 10.3. The zero-order valence-corrected chi connectivity index (χ0v) is 7.20. The Morgan fingerprint density at radius 3 is 2.92 bits per heavy atom. The van der Waals surface area contributed by atoms with Gasteiger partial charge in [0.1, 0.15) is 0 Å². The molecule has 0 saturated heterocycles. The zero-order chi connectivity index (χ0) is 8.97. The van der Waals surface area contributed by atoms with Crippen molar-refractivity contribution in [1.82, 2.24) is 0 Å². The standard InChI is InChI=1S/C7H8NO3P/c8-5-6-2-1-3-7(4-6)11-12(9)10/h1-4H,5,8H2/p+1. The van der Waals surface area contributed by atoms with Gasteiger partial charge in [0.2, 0.25) is 0 Å². The second-order valence-electron chi connectivity index (χ2n) is 2.18. The van der Waals surface area contributed by atoms with Crippen molar-refractivity contribution in [3.8, 4) is 5.75 Å². The molecule has 1 aromatic rings. The summed E-state index contributed by atoms with van der Waals surface area (Å²) < 4.78 is 14.8. The maximum Gasteiger partial charge on any atom is 0.747 e. The Kier molecular flexibility index (Phi) is 3.17. The number of rotatable bonds is 3. The quantitative estimate of drug-likeness (QED) is 0.695. The minimum atomic E-state index is -2.58. The van der Waals surface area contributed by atoms with Crippen LogP contribution in [-0.4, -0.2) is 4.89 Å². The van der Waals surface area contributed by atoms with E-state index in [2.05, 4.69) is 4.52 Å². The first-order chi connectivity index (χ1) is 5.72. The third kappa shape index (κ3) is 2.58. The number of hydrogen-bond acceptors (Lipinski definition) is 3. The van der Waals surface area contributed by atoms with Crippen LogP contribution in [0.3, 0.4) is 0 Å². The van der Waals surface area contributed by atoms with Gasteiger partial charge in [-0.25, -0.2) is 4.52 Å². The first-order valence-corrected chi connectivity index (χ1v) is 4.48. The molecule has 0 radical (unpaired) electrons. The SMILES string of the molecule is NCc1cccc(O[P+](=O)O)c1. The van der Waals surface area contributed by atoms with Crippen molar-refractivity contribution in [1.29, 1.82) is 0 Å². The molecule has 0 aliphatic carbocycles. The van der Waals surface area contributed by atoms with Crippen molar-refractivity contribution < 1.29 is 14.0 Å². The van der Waals surface area contributed by atoms with Crippen molar-refractivity contribution in [2.75, 3.05) is 0 Å². The zero-order valence-electron chi connectivity index (χ0n) is 6.30. The van der Waals surface area contributed by atoms with E-state index in [1.165, 1.54) is 0 Å². The fourth-order valence-electron chi connectivity index (χ4n) is 0.819. The van der Waals surface area contributed by atoms with E-state index in [0.717, 1.165) is 5.56 Å². The van der Waals surface area contributed by atoms with E-state index in [4.69, 9.17) is 10.6 Å². The second kappa shape index (κ2) is 4.16. The van der Waals surface area contributed by atoms with Crippen molar-refractivity contribution in [3.63, 3.8) is 0 Å². The third-order valence-electron chi connectivity index (χ3n) is 1.32. The van der Waals surface area contributed by atoms with Crippen LogP contribution >= 0.6 is 8.25 Å². The van der Waals surface area contributed by atoms with Crippen LogP contribution in [0.25, 0.3) is 0 Å². The summed E-state index contributed by atoms with van der Waals surface area (Å²) in [6, 6.07) is 6.76. The molecule has 12 heavy (non-hydrogen) atoms. The fraction of sp³-hybridized carbons (Fsp3) is 0.143. The van der Waals surface area contributed by atoms with Gasteiger partial charge in [-0.3, -0.25) is 0 Å². The summed E-state index contributed by atoms with van der Waals surface area (Å²) in [7, 11) is -2.58. The average Bonchev–Trinajstić information content (AvgIpc) is 2.03. The van der Waals surface area contributed by atoms with Gasteiger partial charge in [0.25, 0.3) is 0 Å². The summed E-state index contributed by atoms with van der Waals surface area (Å²) in [5.41, 5.74) is 6.22. The van der Waals surface area contributed by atoms with E-state index in [-0.39, 0.29) is 0 Å². The summed E-state index contributed by atoms with van der Waals surface area (Å²) in [6.07, 6.45) is 0. The van der Waals surface area contributed by atoms with E-state index >= 15 is 0 Å². The lowest BCUT2D eigenvalue weighted by Gasteiger charge is -1.95. The Morgan fingerprint density at radius 2 is 2.33 bits per heavy atom. The minimum Gasteiger partial charge on any atom is -0.326 e. The van der Waals surface area contributed by atoms with Crippen molar-refractivity contribution in [2.24, 2.45) is 5.73 Å². The van der Waals surface area contributed by atoms with E-state index in [1.807, 2.05) is 6.07 Å². The summed E-state index contributed by atoms with van der Waals surface area (Å²) >= 11 is 0. The van der Waals surface area contributed by atoms with Crippen LogP contribution in [0, 0.1) is 0 Å². The third-order valence-corrected chi connectivity index (χ3v) is 1.68. The fourth-order valence-corrected chi connectivity index (χ4v) is 1.11. The monoisotopic (exact) mass is 186 g/mol. The van der Waals surface area contributed by atoms with Crippen LogP contribution < -0.4 is 10.3 Å². The Morgan fingerprint density at radius 1 is 1.58 bits per heavy atom. The molecule has 0 amide bonds. The van der Waals surface area contributed by atoms with E-state index < -0.39 is 8.25 Å². The first-order valence-electron chi connectivity index (χ1n) is 3.35. The topological polar surface area (TPSA) is 72.5 Å². The van der Waals surface area contributed by atoms with Gasteiger partial charge >= 0.3 is 8.25 Å². The molecule has 4 nitrogen and oxygen atoms in total. The molecule has 5 heteroatoms. The first kappa shape index (κ1) is 9.13. The molecular formula is C7H9NO3P+. The van der Waals surface area contributed by atoms with Gasteiger partial charge in [0, 0.05) is 11.1 Å². The van der Waals surface area contributed by atoms with Crippen LogP contribution in [0.5, 0.6) is 5.75 Å². The van der Waals surface area contributed by atoms with Crippen LogP contribution in [0.15, 0.2) is 24.3 Å². The second-order valence-corrected chi connectivity index (χ2v) is 2.84. The molecule has 1 atom stereocenters. The molecule has 3 N–H and O–H groups in total. The van der Waals surface area contributed by atoms with E-state index in [9.17, 15) is 4.57 Å². The van der Waals surface area contributed by atoms with Crippen LogP contribution in [-0.2, 0) is 11.1 Å². The molecule has 0 bridgehead atoms. The Bertz CT molecular complexity index is 290. The van der Waals surface area contributed by atoms with Gasteiger partial charge in [-0.15, -0.1) is 4.89 Å². The molecule has 0 aromatic heterocycles. The van der Waals surface area contributed by atoms with Gasteiger partial charge in [0.15, 0.2) is 5.75 Å². The predicted molar refractivity (Wildman–Crippen MR) is 44.8 cm³/mol. The highest BCUT2D eigenvalue weighted by Crippen LogP contribution is 2.23. The van der Waals surface area contributed by atoms with Gasteiger partial charge in [-0.05, 0) is 17.7 Å². The highest BCUT2D eigenvalue weighted by Gasteiger charge is 2.13.